The SMILES string of the molecule is COc1ccc(OC)c(NC(=O)CCC2CCCN(S(=O)(=O)c3ccccc3F)C2)c1. The number of methoxy groups -OCH3 is 2. The van der Waals surface area contributed by atoms with Crippen molar-refractivity contribution in [2.45, 2.75) is 30.6 Å². The summed E-state index contributed by atoms with van der Waals surface area (Å²) in [6, 6.07) is 10.5. The van der Waals surface area contributed by atoms with E-state index in [1.54, 1.807) is 18.2 Å². The lowest BCUT2D eigenvalue weighted by atomic mass is 9.94. The second-order valence-corrected chi connectivity index (χ2v) is 9.36. The summed E-state index contributed by atoms with van der Waals surface area (Å²) in [6.07, 6.45) is 2.25. The molecule has 0 spiro atoms. The van der Waals surface area contributed by atoms with Crippen molar-refractivity contribution < 1.29 is 27.1 Å². The number of nitrogens with zero attached hydrogens (tertiary/aromatic N) is 1. The number of halogens is 1. The highest BCUT2D eigenvalue weighted by molar-refractivity contribution is 7.89. The number of benzene rings is 2. The number of piperidine rings is 1. The van der Waals surface area contributed by atoms with Crippen molar-refractivity contribution in [3.05, 3.63) is 48.3 Å². The van der Waals surface area contributed by atoms with Gasteiger partial charge >= 0.3 is 0 Å². The van der Waals surface area contributed by atoms with Crippen LogP contribution in [0.3, 0.4) is 0 Å². The number of anilines is 1. The molecule has 1 saturated heterocycles. The van der Waals surface area contributed by atoms with E-state index in [1.807, 2.05) is 0 Å². The van der Waals surface area contributed by atoms with E-state index >= 15 is 0 Å². The van der Waals surface area contributed by atoms with Crippen molar-refractivity contribution in [1.29, 1.82) is 0 Å². The molecule has 2 aromatic carbocycles. The summed E-state index contributed by atoms with van der Waals surface area (Å²) in [7, 11) is -0.845. The zero-order chi connectivity index (χ0) is 22.4. The van der Waals surface area contributed by atoms with E-state index in [2.05, 4.69) is 5.32 Å². The molecule has 0 aromatic heterocycles. The second kappa shape index (κ2) is 10.1. The summed E-state index contributed by atoms with van der Waals surface area (Å²) in [6.45, 7) is 0.618. The molecule has 168 valence electrons. The topological polar surface area (TPSA) is 84.9 Å². The first-order valence-electron chi connectivity index (χ1n) is 10.1. The Morgan fingerprint density at radius 1 is 1.19 bits per heavy atom. The molecule has 1 amide bonds. The standard InChI is InChI=1S/C22H27FN2O5S/c1-29-17-10-11-20(30-2)19(14-17)24-22(26)12-9-16-6-5-13-25(15-16)31(27,28)21-8-4-3-7-18(21)23/h3-4,7-8,10-11,14,16H,5-6,9,12-13,15H2,1-2H3,(H,24,26). The molecule has 0 radical (unpaired) electrons. The quantitative estimate of drug-likeness (QED) is 0.664. The molecular formula is C22H27FN2O5S. The maximum absolute atomic E-state index is 14.0. The molecule has 9 heteroatoms. The summed E-state index contributed by atoms with van der Waals surface area (Å²) in [5.41, 5.74) is 0.513. The fourth-order valence-corrected chi connectivity index (χ4v) is 5.35. The van der Waals surface area contributed by atoms with Crippen LogP contribution in [0.2, 0.25) is 0 Å². The summed E-state index contributed by atoms with van der Waals surface area (Å²) < 4.78 is 51.5. The van der Waals surface area contributed by atoms with Crippen LogP contribution in [0.5, 0.6) is 11.5 Å². The highest BCUT2D eigenvalue weighted by Crippen LogP contribution is 2.30. The maximum atomic E-state index is 14.0. The Kier molecular flexibility index (Phi) is 7.50. The Labute approximate surface area is 182 Å². The fourth-order valence-electron chi connectivity index (χ4n) is 3.73. The van der Waals surface area contributed by atoms with Gasteiger partial charge in [-0.05, 0) is 49.4 Å². The Balaban J connectivity index is 1.60. The van der Waals surface area contributed by atoms with Crippen LogP contribution in [-0.4, -0.2) is 45.9 Å². The zero-order valence-electron chi connectivity index (χ0n) is 17.6. The Morgan fingerprint density at radius 2 is 1.97 bits per heavy atom. The third kappa shape index (κ3) is 5.54. The van der Waals surface area contributed by atoms with Gasteiger partial charge in [-0.25, -0.2) is 12.8 Å². The Bertz CT molecular complexity index is 1030. The van der Waals surface area contributed by atoms with E-state index in [9.17, 15) is 17.6 Å². The lowest BCUT2D eigenvalue weighted by Crippen LogP contribution is -2.40. The van der Waals surface area contributed by atoms with Crippen LogP contribution in [0.15, 0.2) is 47.4 Å². The van der Waals surface area contributed by atoms with Crippen molar-refractivity contribution in [3.63, 3.8) is 0 Å². The molecular weight excluding hydrogens is 423 g/mol. The third-order valence-corrected chi connectivity index (χ3v) is 7.29. The van der Waals surface area contributed by atoms with Crippen LogP contribution in [0.25, 0.3) is 0 Å². The second-order valence-electron chi connectivity index (χ2n) is 7.45. The van der Waals surface area contributed by atoms with Crippen LogP contribution in [0.1, 0.15) is 25.7 Å². The van der Waals surface area contributed by atoms with Gasteiger partial charge in [-0.3, -0.25) is 4.79 Å². The van der Waals surface area contributed by atoms with Gasteiger partial charge in [0.05, 0.1) is 19.9 Å². The summed E-state index contributed by atoms with van der Waals surface area (Å²) >= 11 is 0. The molecule has 2 aromatic rings. The van der Waals surface area contributed by atoms with Crippen molar-refractivity contribution in [2.75, 3.05) is 32.6 Å². The maximum Gasteiger partial charge on any atom is 0.245 e. The number of nitrogens with one attached hydrogen (secondary N) is 1. The average molecular weight is 451 g/mol. The van der Waals surface area contributed by atoms with Gasteiger partial charge in [-0.1, -0.05) is 12.1 Å². The van der Waals surface area contributed by atoms with Gasteiger partial charge in [0.2, 0.25) is 15.9 Å². The number of amides is 1. The van der Waals surface area contributed by atoms with Crippen molar-refractivity contribution in [3.8, 4) is 11.5 Å². The molecule has 1 N–H and O–H groups in total. The molecule has 1 heterocycles. The van der Waals surface area contributed by atoms with Gasteiger partial charge in [0, 0.05) is 25.6 Å². The first kappa shape index (κ1) is 23.0. The number of hydrogen-bond donors (Lipinski definition) is 1. The van der Waals surface area contributed by atoms with Crippen molar-refractivity contribution >= 4 is 21.6 Å². The highest BCUT2D eigenvalue weighted by atomic mass is 32.2. The number of rotatable bonds is 8. The molecule has 1 unspecified atom stereocenters. The minimum atomic E-state index is -3.90. The zero-order valence-corrected chi connectivity index (χ0v) is 18.5. The number of hydrogen-bond acceptors (Lipinski definition) is 5. The molecule has 31 heavy (non-hydrogen) atoms. The number of carbonyl (C=O) groups is 1. The summed E-state index contributed by atoms with van der Waals surface area (Å²) in [5, 5.41) is 2.83. The van der Waals surface area contributed by atoms with Crippen LogP contribution in [-0.2, 0) is 14.8 Å². The molecule has 7 nitrogen and oxygen atoms in total. The van der Waals surface area contributed by atoms with Crippen LogP contribution in [0.4, 0.5) is 10.1 Å². The van der Waals surface area contributed by atoms with Gasteiger partial charge in [0.15, 0.2) is 0 Å². The first-order valence-corrected chi connectivity index (χ1v) is 11.6. The Hall–Kier alpha value is -2.65. The molecule has 3 rings (SSSR count). The van der Waals surface area contributed by atoms with E-state index in [-0.39, 0.29) is 29.7 Å². The first-order chi connectivity index (χ1) is 14.8. The lowest BCUT2D eigenvalue weighted by molar-refractivity contribution is -0.116. The Morgan fingerprint density at radius 3 is 2.68 bits per heavy atom. The largest absolute Gasteiger partial charge is 0.497 e. The normalized spacial score (nSPS) is 17.2. The van der Waals surface area contributed by atoms with Gasteiger partial charge < -0.3 is 14.8 Å². The van der Waals surface area contributed by atoms with E-state index in [4.69, 9.17) is 9.47 Å². The number of ether oxygens (including phenoxy) is 2. The van der Waals surface area contributed by atoms with Crippen LogP contribution in [0, 0.1) is 11.7 Å². The van der Waals surface area contributed by atoms with Gasteiger partial charge in [-0.2, -0.15) is 4.31 Å². The van der Waals surface area contributed by atoms with E-state index < -0.39 is 15.8 Å². The van der Waals surface area contributed by atoms with Gasteiger partial charge in [0.1, 0.15) is 22.2 Å². The van der Waals surface area contributed by atoms with Crippen LogP contribution >= 0.6 is 0 Å². The molecule has 0 aliphatic carbocycles. The predicted octanol–water partition coefficient (Wildman–Crippen LogP) is 3.66. The number of sulfonamides is 1. The molecule has 1 aliphatic heterocycles. The van der Waals surface area contributed by atoms with E-state index in [1.165, 1.54) is 36.7 Å². The van der Waals surface area contributed by atoms with Crippen molar-refractivity contribution in [2.24, 2.45) is 5.92 Å². The summed E-state index contributed by atoms with van der Waals surface area (Å²) in [5.74, 6) is 0.191. The molecule has 1 aliphatic rings. The summed E-state index contributed by atoms with van der Waals surface area (Å²) in [4.78, 5) is 12.2. The van der Waals surface area contributed by atoms with Gasteiger partial charge in [-0.15, -0.1) is 0 Å². The van der Waals surface area contributed by atoms with Crippen LogP contribution < -0.4 is 14.8 Å². The molecule has 1 atom stereocenters. The van der Waals surface area contributed by atoms with E-state index in [0.29, 0.717) is 36.6 Å². The van der Waals surface area contributed by atoms with E-state index in [0.717, 1.165) is 12.5 Å². The number of carbonyl (C=O) groups excluding carboxylic acids is 1. The lowest BCUT2D eigenvalue weighted by Gasteiger charge is -2.32. The van der Waals surface area contributed by atoms with Crippen molar-refractivity contribution in [1.82, 2.24) is 4.31 Å². The average Bonchev–Trinajstić information content (AvgIpc) is 2.78. The minimum absolute atomic E-state index is 0.0215. The third-order valence-electron chi connectivity index (χ3n) is 5.40. The molecule has 1 fully saturated rings. The highest BCUT2D eigenvalue weighted by Gasteiger charge is 2.32. The predicted molar refractivity (Wildman–Crippen MR) is 115 cm³/mol. The fraction of sp³-hybridized carbons (Fsp3) is 0.409. The smallest absolute Gasteiger partial charge is 0.245 e. The molecule has 0 bridgehead atoms. The monoisotopic (exact) mass is 450 g/mol. The minimum Gasteiger partial charge on any atom is -0.497 e. The molecule has 0 saturated carbocycles. The van der Waals surface area contributed by atoms with Gasteiger partial charge in [0.25, 0.3) is 0 Å².